The molecule has 0 radical (unpaired) electrons. The van der Waals surface area contributed by atoms with Crippen LogP contribution in [0.4, 0.5) is 5.69 Å². The summed E-state index contributed by atoms with van der Waals surface area (Å²) in [5, 5.41) is 3.85. The molecule has 4 rings (SSSR count). The van der Waals surface area contributed by atoms with E-state index in [1.165, 1.54) is 5.70 Å². The van der Waals surface area contributed by atoms with Crippen molar-refractivity contribution in [3.05, 3.63) is 35.3 Å². The molecule has 4 atom stereocenters. The number of nitrogens with one attached hydrogen (secondary N) is 1. The number of allylic oxidation sites excluding steroid dienone is 2. The highest BCUT2D eigenvalue weighted by atomic mass is 16.1. The van der Waals surface area contributed by atoms with Gasteiger partial charge in [-0.05, 0) is 64.0 Å². The molecule has 4 nitrogen and oxygen atoms in total. The van der Waals surface area contributed by atoms with Crippen molar-refractivity contribution >= 4 is 11.5 Å². The number of anilines is 1. The average Bonchev–Trinajstić information content (AvgIpc) is 2.83. The van der Waals surface area contributed by atoms with E-state index in [1.807, 2.05) is 13.1 Å². The number of aromatic nitrogens is 1. The maximum atomic E-state index is 13.5. The molecule has 0 bridgehead atoms. The van der Waals surface area contributed by atoms with Gasteiger partial charge < -0.3 is 10.2 Å². The summed E-state index contributed by atoms with van der Waals surface area (Å²) in [6, 6.07) is 4.18. The predicted octanol–water partition coefficient (Wildman–Crippen LogP) is 3.82. The van der Waals surface area contributed by atoms with Crippen LogP contribution in [0.2, 0.25) is 0 Å². The topological polar surface area (TPSA) is 45.2 Å². The average molecular weight is 339 g/mol. The molecule has 3 aliphatic rings. The third kappa shape index (κ3) is 2.19. The van der Waals surface area contributed by atoms with E-state index in [9.17, 15) is 4.79 Å². The van der Waals surface area contributed by atoms with Crippen molar-refractivity contribution in [1.29, 1.82) is 0 Å². The second-order valence-corrected chi connectivity index (χ2v) is 8.74. The lowest BCUT2D eigenvalue weighted by Crippen LogP contribution is -2.66. The second-order valence-electron chi connectivity index (χ2n) is 8.74. The highest BCUT2D eigenvalue weighted by Gasteiger charge is 2.61. The molecule has 134 valence electrons. The third-order valence-electron chi connectivity index (χ3n) is 7.20. The van der Waals surface area contributed by atoms with E-state index < -0.39 is 0 Å². The van der Waals surface area contributed by atoms with Crippen molar-refractivity contribution in [3.63, 3.8) is 0 Å². The van der Waals surface area contributed by atoms with Crippen LogP contribution in [0.15, 0.2) is 29.6 Å². The van der Waals surface area contributed by atoms with Crippen LogP contribution in [-0.2, 0) is 4.79 Å². The first-order valence-electron chi connectivity index (χ1n) is 9.51. The molecule has 0 spiro atoms. The number of nitrogens with zero attached hydrogens (tertiary/aromatic N) is 2. The van der Waals surface area contributed by atoms with Gasteiger partial charge in [-0.15, -0.1) is 0 Å². The third-order valence-corrected chi connectivity index (χ3v) is 7.20. The van der Waals surface area contributed by atoms with Crippen LogP contribution in [-0.4, -0.2) is 23.0 Å². The first kappa shape index (κ1) is 16.6. The van der Waals surface area contributed by atoms with E-state index >= 15 is 0 Å². The van der Waals surface area contributed by atoms with Crippen LogP contribution in [0.1, 0.15) is 52.7 Å². The highest BCUT2D eigenvalue weighted by molar-refractivity contribution is 6.03. The summed E-state index contributed by atoms with van der Waals surface area (Å²) in [6.45, 7) is 11.9. The van der Waals surface area contributed by atoms with Crippen molar-refractivity contribution in [2.24, 2.45) is 17.3 Å². The maximum absolute atomic E-state index is 13.5. The van der Waals surface area contributed by atoms with Gasteiger partial charge in [-0.3, -0.25) is 9.78 Å². The summed E-state index contributed by atoms with van der Waals surface area (Å²) >= 11 is 0. The van der Waals surface area contributed by atoms with Crippen LogP contribution in [0, 0.1) is 24.2 Å². The Hall–Kier alpha value is -1.84. The van der Waals surface area contributed by atoms with Crippen molar-refractivity contribution in [3.8, 4) is 0 Å². The Balaban J connectivity index is 1.79. The molecule has 1 fully saturated rings. The van der Waals surface area contributed by atoms with Crippen LogP contribution in [0.3, 0.4) is 0 Å². The number of aryl methyl sites for hydroxylation is 1. The molecule has 0 saturated carbocycles. The van der Waals surface area contributed by atoms with Crippen molar-refractivity contribution in [1.82, 2.24) is 10.3 Å². The zero-order valence-corrected chi connectivity index (χ0v) is 16.0. The van der Waals surface area contributed by atoms with E-state index in [4.69, 9.17) is 0 Å². The summed E-state index contributed by atoms with van der Waals surface area (Å²) in [5.41, 5.74) is 3.66. The number of carbonyl (C=O) groups is 1. The van der Waals surface area contributed by atoms with Gasteiger partial charge in [-0.2, -0.15) is 0 Å². The Labute approximate surface area is 150 Å². The van der Waals surface area contributed by atoms with Crippen molar-refractivity contribution in [2.75, 3.05) is 11.4 Å². The smallest absolute Gasteiger partial charge is 0.170 e. The molecule has 2 aliphatic heterocycles. The maximum Gasteiger partial charge on any atom is 0.170 e. The van der Waals surface area contributed by atoms with E-state index in [2.05, 4.69) is 55.0 Å². The molecule has 0 aromatic carbocycles. The summed E-state index contributed by atoms with van der Waals surface area (Å²) in [4.78, 5) is 20.2. The molecule has 3 unspecified atom stereocenters. The number of ketones is 1. The largest absolute Gasteiger partial charge is 0.365 e. The van der Waals surface area contributed by atoms with E-state index in [1.54, 1.807) is 0 Å². The summed E-state index contributed by atoms with van der Waals surface area (Å²) in [6.07, 6.45) is 4.65. The fourth-order valence-electron chi connectivity index (χ4n) is 5.00. The van der Waals surface area contributed by atoms with Gasteiger partial charge in [-0.1, -0.05) is 13.8 Å². The molecular weight excluding hydrogens is 310 g/mol. The van der Waals surface area contributed by atoms with Gasteiger partial charge in [0.15, 0.2) is 5.78 Å². The van der Waals surface area contributed by atoms with Crippen LogP contribution < -0.4 is 10.2 Å². The van der Waals surface area contributed by atoms with E-state index in [-0.39, 0.29) is 11.1 Å². The summed E-state index contributed by atoms with van der Waals surface area (Å²) in [5.74, 6) is 1.57. The fourth-order valence-corrected chi connectivity index (χ4v) is 5.00. The van der Waals surface area contributed by atoms with Gasteiger partial charge in [0.1, 0.15) is 5.66 Å². The monoisotopic (exact) mass is 339 g/mol. The Morgan fingerprint density at radius 2 is 1.96 bits per heavy atom. The van der Waals surface area contributed by atoms with Crippen LogP contribution in [0.5, 0.6) is 0 Å². The zero-order chi connectivity index (χ0) is 18.0. The molecule has 1 aromatic rings. The van der Waals surface area contributed by atoms with E-state index in [0.29, 0.717) is 17.6 Å². The molecular formula is C21H29N3O. The highest BCUT2D eigenvalue weighted by Crippen LogP contribution is 2.53. The standard InChI is InChI=1S/C21H29N3O/c1-13-10-17-18(11-14(13)2)23-21(5)20(4,19(17)25)7-9-24(21)16-6-8-22-15(3)12-16/h6,8,12-14,23H,7,9-11H2,1-5H3/t13?,14?,20-,21?/m0/s1. The second kappa shape index (κ2) is 5.33. The summed E-state index contributed by atoms with van der Waals surface area (Å²) in [7, 11) is 0. The zero-order valence-electron chi connectivity index (χ0n) is 16.0. The molecule has 3 heterocycles. The Morgan fingerprint density at radius 3 is 2.68 bits per heavy atom. The molecule has 1 N–H and O–H groups in total. The number of rotatable bonds is 1. The van der Waals surface area contributed by atoms with Gasteiger partial charge in [0.05, 0.1) is 5.41 Å². The lowest BCUT2D eigenvalue weighted by molar-refractivity contribution is -0.128. The van der Waals surface area contributed by atoms with Gasteiger partial charge in [0, 0.05) is 35.4 Å². The SMILES string of the molecule is Cc1cc(N2CC[C@@]3(C)C(=O)C4=C(CC(C)C(C)C4)NC23C)ccn1. The lowest BCUT2D eigenvalue weighted by atomic mass is 9.65. The van der Waals surface area contributed by atoms with Crippen molar-refractivity contribution in [2.45, 2.75) is 59.5 Å². The van der Waals surface area contributed by atoms with Crippen LogP contribution >= 0.6 is 0 Å². The fraction of sp³-hybridized carbons (Fsp3) is 0.619. The minimum Gasteiger partial charge on any atom is -0.365 e. The summed E-state index contributed by atoms with van der Waals surface area (Å²) < 4.78 is 0. The number of hydrogen-bond acceptors (Lipinski definition) is 4. The minimum absolute atomic E-state index is 0.371. The molecule has 1 aromatic heterocycles. The number of Topliss-reactive ketones (excluding diaryl/α,β-unsaturated/α-hetero) is 1. The molecule has 1 aliphatic carbocycles. The van der Waals surface area contributed by atoms with E-state index in [0.717, 1.165) is 42.8 Å². The first-order chi connectivity index (χ1) is 11.8. The molecule has 0 amide bonds. The Morgan fingerprint density at radius 1 is 1.24 bits per heavy atom. The molecule has 25 heavy (non-hydrogen) atoms. The minimum atomic E-state index is -0.386. The number of pyridine rings is 1. The van der Waals surface area contributed by atoms with Crippen LogP contribution in [0.25, 0.3) is 0 Å². The van der Waals surface area contributed by atoms with Gasteiger partial charge in [-0.25, -0.2) is 0 Å². The van der Waals surface area contributed by atoms with Gasteiger partial charge in [0.25, 0.3) is 0 Å². The molecule has 1 saturated heterocycles. The lowest BCUT2D eigenvalue weighted by Gasteiger charge is -2.52. The number of fused-ring (bicyclic) bond motifs is 1. The Kier molecular flexibility index (Phi) is 3.54. The Bertz CT molecular complexity index is 770. The number of hydrogen-bond donors (Lipinski definition) is 1. The number of carbonyl (C=O) groups excluding carboxylic acids is 1. The van der Waals surface area contributed by atoms with Gasteiger partial charge in [0.2, 0.25) is 0 Å². The van der Waals surface area contributed by atoms with Gasteiger partial charge >= 0.3 is 0 Å². The quantitative estimate of drug-likeness (QED) is 0.845. The predicted molar refractivity (Wildman–Crippen MR) is 100 cm³/mol. The molecule has 4 heteroatoms. The normalized spacial score (nSPS) is 37.6. The first-order valence-corrected chi connectivity index (χ1v) is 9.51. The van der Waals surface area contributed by atoms with Crippen molar-refractivity contribution < 1.29 is 4.79 Å².